The third-order valence-electron chi connectivity index (χ3n) is 1.84. The van der Waals surface area contributed by atoms with E-state index in [0.717, 1.165) is 10.6 Å². The molecule has 0 radical (unpaired) electrons. The SMILES string of the molecule is CS(=O)(=O)N(CC(=N)N)c1ccccc1Cl. The van der Waals surface area contributed by atoms with Crippen LogP contribution in [0.1, 0.15) is 0 Å². The predicted octanol–water partition coefficient (Wildman–Crippen LogP) is 1.04. The number of hydrogen-bond acceptors (Lipinski definition) is 3. The smallest absolute Gasteiger partial charge is 0.232 e. The zero-order valence-corrected chi connectivity index (χ0v) is 10.2. The van der Waals surface area contributed by atoms with Crippen molar-refractivity contribution in [2.75, 3.05) is 17.1 Å². The predicted molar refractivity (Wildman–Crippen MR) is 65.6 cm³/mol. The van der Waals surface area contributed by atoms with E-state index in [1.807, 2.05) is 0 Å². The normalized spacial score (nSPS) is 11.1. The second kappa shape index (κ2) is 4.71. The molecule has 1 aromatic rings. The van der Waals surface area contributed by atoms with Crippen LogP contribution in [0.3, 0.4) is 0 Å². The fraction of sp³-hybridized carbons (Fsp3) is 0.222. The van der Waals surface area contributed by atoms with Crippen LogP contribution in [0.5, 0.6) is 0 Å². The second-order valence-corrected chi connectivity index (χ2v) is 5.56. The molecule has 0 unspecified atom stereocenters. The summed E-state index contributed by atoms with van der Waals surface area (Å²) in [4.78, 5) is 0. The van der Waals surface area contributed by atoms with E-state index in [1.165, 1.54) is 0 Å². The Morgan fingerprint density at radius 3 is 2.50 bits per heavy atom. The average Bonchev–Trinajstić information content (AvgIpc) is 2.13. The van der Waals surface area contributed by atoms with Crippen LogP contribution in [0.4, 0.5) is 5.69 Å². The largest absolute Gasteiger partial charge is 0.386 e. The van der Waals surface area contributed by atoms with Gasteiger partial charge < -0.3 is 5.73 Å². The lowest BCUT2D eigenvalue weighted by Gasteiger charge is -2.22. The number of benzene rings is 1. The van der Waals surface area contributed by atoms with Gasteiger partial charge in [-0.2, -0.15) is 0 Å². The topological polar surface area (TPSA) is 87.2 Å². The van der Waals surface area contributed by atoms with E-state index in [9.17, 15) is 8.42 Å². The minimum Gasteiger partial charge on any atom is -0.386 e. The van der Waals surface area contributed by atoms with E-state index in [-0.39, 0.29) is 12.4 Å². The zero-order chi connectivity index (χ0) is 12.3. The van der Waals surface area contributed by atoms with Crippen molar-refractivity contribution < 1.29 is 8.42 Å². The van der Waals surface area contributed by atoms with Crippen molar-refractivity contribution in [3.63, 3.8) is 0 Å². The van der Waals surface area contributed by atoms with Gasteiger partial charge in [-0.25, -0.2) is 8.42 Å². The fourth-order valence-electron chi connectivity index (χ4n) is 1.19. The van der Waals surface area contributed by atoms with E-state index in [2.05, 4.69) is 0 Å². The summed E-state index contributed by atoms with van der Waals surface area (Å²) in [7, 11) is -3.51. The maximum Gasteiger partial charge on any atom is 0.232 e. The van der Waals surface area contributed by atoms with Gasteiger partial charge in [0, 0.05) is 0 Å². The molecule has 5 nitrogen and oxygen atoms in total. The molecule has 0 spiro atoms. The van der Waals surface area contributed by atoms with E-state index in [0.29, 0.717) is 10.7 Å². The zero-order valence-electron chi connectivity index (χ0n) is 8.64. The summed E-state index contributed by atoms with van der Waals surface area (Å²) in [6, 6.07) is 6.50. The van der Waals surface area contributed by atoms with Gasteiger partial charge >= 0.3 is 0 Å². The van der Waals surface area contributed by atoms with E-state index < -0.39 is 10.0 Å². The van der Waals surface area contributed by atoms with Gasteiger partial charge in [0.2, 0.25) is 10.0 Å². The average molecular weight is 262 g/mol. The van der Waals surface area contributed by atoms with Crippen molar-refractivity contribution in [1.82, 2.24) is 0 Å². The third-order valence-corrected chi connectivity index (χ3v) is 3.28. The Morgan fingerprint density at radius 1 is 1.50 bits per heavy atom. The van der Waals surface area contributed by atoms with Crippen LogP contribution in [-0.4, -0.2) is 27.1 Å². The van der Waals surface area contributed by atoms with Gasteiger partial charge in [-0.15, -0.1) is 0 Å². The number of nitrogens with one attached hydrogen (secondary N) is 1. The summed E-state index contributed by atoms with van der Waals surface area (Å²) in [6.45, 7) is -0.206. The monoisotopic (exact) mass is 261 g/mol. The van der Waals surface area contributed by atoms with Crippen molar-refractivity contribution in [2.45, 2.75) is 0 Å². The Bertz CT molecular complexity index is 501. The molecular formula is C9H12ClN3O2S. The number of sulfonamides is 1. The maximum absolute atomic E-state index is 11.5. The molecule has 0 atom stereocenters. The highest BCUT2D eigenvalue weighted by molar-refractivity contribution is 7.92. The van der Waals surface area contributed by atoms with Crippen molar-refractivity contribution in [3.05, 3.63) is 29.3 Å². The van der Waals surface area contributed by atoms with Crippen LogP contribution in [0.15, 0.2) is 24.3 Å². The molecule has 16 heavy (non-hydrogen) atoms. The number of halogens is 1. The van der Waals surface area contributed by atoms with Crippen LogP contribution >= 0.6 is 11.6 Å². The number of rotatable bonds is 4. The molecule has 0 saturated carbocycles. The highest BCUT2D eigenvalue weighted by Gasteiger charge is 2.20. The number of para-hydroxylation sites is 1. The Kier molecular flexibility index (Phi) is 3.77. The molecule has 0 amide bonds. The molecular weight excluding hydrogens is 250 g/mol. The van der Waals surface area contributed by atoms with Crippen LogP contribution < -0.4 is 10.0 Å². The van der Waals surface area contributed by atoms with Crippen LogP contribution in [0.25, 0.3) is 0 Å². The first kappa shape index (κ1) is 12.8. The highest BCUT2D eigenvalue weighted by Crippen LogP contribution is 2.26. The molecule has 3 N–H and O–H groups in total. The molecule has 0 saturated heterocycles. The lowest BCUT2D eigenvalue weighted by Crippen LogP contribution is -2.37. The molecule has 0 aromatic heterocycles. The minimum atomic E-state index is -3.51. The quantitative estimate of drug-likeness (QED) is 0.627. The summed E-state index contributed by atoms with van der Waals surface area (Å²) in [5, 5.41) is 7.45. The molecule has 0 bridgehead atoms. The Labute approximate surface area is 99.4 Å². The first-order valence-electron chi connectivity index (χ1n) is 4.37. The van der Waals surface area contributed by atoms with Crippen LogP contribution in [0, 0.1) is 5.41 Å². The van der Waals surface area contributed by atoms with E-state index in [4.69, 9.17) is 22.7 Å². The summed E-state index contributed by atoms with van der Waals surface area (Å²) in [6.07, 6.45) is 1.04. The highest BCUT2D eigenvalue weighted by atomic mass is 35.5. The first-order valence-corrected chi connectivity index (χ1v) is 6.60. The Hall–Kier alpha value is -1.27. The fourth-order valence-corrected chi connectivity index (χ4v) is 2.37. The van der Waals surface area contributed by atoms with Gasteiger partial charge in [-0.3, -0.25) is 9.71 Å². The van der Waals surface area contributed by atoms with Gasteiger partial charge in [0.05, 0.1) is 23.5 Å². The van der Waals surface area contributed by atoms with Crippen LogP contribution in [-0.2, 0) is 10.0 Å². The minimum absolute atomic E-state index is 0.206. The second-order valence-electron chi connectivity index (χ2n) is 3.25. The molecule has 88 valence electrons. The summed E-state index contributed by atoms with van der Waals surface area (Å²) >= 11 is 5.89. The molecule has 0 aliphatic carbocycles. The van der Waals surface area contributed by atoms with E-state index >= 15 is 0 Å². The number of nitrogens with two attached hydrogens (primary N) is 1. The number of anilines is 1. The van der Waals surface area contributed by atoms with Gasteiger partial charge in [0.1, 0.15) is 5.84 Å². The van der Waals surface area contributed by atoms with E-state index in [1.54, 1.807) is 24.3 Å². The van der Waals surface area contributed by atoms with Crippen molar-refractivity contribution >= 4 is 33.1 Å². The molecule has 0 aliphatic rings. The third kappa shape index (κ3) is 3.11. The standard InChI is InChI=1S/C9H12ClN3O2S/c1-16(14,15)13(6-9(11)12)8-5-3-2-4-7(8)10/h2-5H,6H2,1H3,(H3,11,12). The van der Waals surface area contributed by atoms with Gasteiger partial charge in [0.25, 0.3) is 0 Å². The van der Waals surface area contributed by atoms with Crippen molar-refractivity contribution in [1.29, 1.82) is 5.41 Å². The molecule has 1 aromatic carbocycles. The van der Waals surface area contributed by atoms with Gasteiger partial charge in [-0.1, -0.05) is 23.7 Å². The first-order chi connectivity index (χ1) is 7.32. The molecule has 0 fully saturated rings. The molecule has 0 aliphatic heterocycles. The van der Waals surface area contributed by atoms with Crippen molar-refractivity contribution in [2.24, 2.45) is 5.73 Å². The van der Waals surface area contributed by atoms with Gasteiger partial charge in [-0.05, 0) is 12.1 Å². The number of amidine groups is 1. The molecule has 1 rings (SSSR count). The van der Waals surface area contributed by atoms with Crippen molar-refractivity contribution in [3.8, 4) is 0 Å². The molecule has 0 heterocycles. The lowest BCUT2D eigenvalue weighted by atomic mass is 10.3. The maximum atomic E-state index is 11.5. The number of hydrogen-bond donors (Lipinski definition) is 2. The molecule has 7 heteroatoms. The van der Waals surface area contributed by atoms with Gasteiger partial charge in [0.15, 0.2) is 0 Å². The number of nitrogens with zero attached hydrogens (tertiary/aromatic N) is 1. The van der Waals surface area contributed by atoms with Crippen LogP contribution in [0.2, 0.25) is 5.02 Å². The summed E-state index contributed by atoms with van der Waals surface area (Å²) < 4.78 is 24.1. The lowest BCUT2D eigenvalue weighted by molar-refractivity contribution is 0.599. The summed E-state index contributed by atoms with van der Waals surface area (Å²) in [5.41, 5.74) is 5.53. The Balaban J connectivity index is 3.22. The summed E-state index contributed by atoms with van der Waals surface area (Å²) in [5.74, 6) is -0.245. The Morgan fingerprint density at radius 2 is 2.06 bits per heavy atom.